The van der Waals surface area contributed by atoms with E-state index in [1.165, 1.54) is 0 Å². The Morgan fingerprint density at radius 2 is 1.17 bits per heavy atom. The van der Waals surface area contributed by atoms with E-state index in [9.17, 15) is 0 Å². The molecule has 18 heavy (non-hydrogen) atoms. The van der Waals surface area contributed by atoms with Crippen molar-refractivity contribution < 1.29 is 9.16 Å². The van der Waals surface area contributed by atoms with Gasteiger partial charge in [0.15, 0.2) is 0 Å². The smallest absolute Gasteiger partial charge is 0.242 e. The number of para-hydroxylation sites is 1. The SMILES string of the molecule is C[Si](C)(C)Oc1ccc(Oc2ccccc2)cc1. The average molecular weight is 258 g/mol. The number of rotatable bonds is 4. The Labute approximate surface area is 109 Å². The minimum Gasteiger partial charge on any atom is -0.544 e. The fourth-order valence-corrected chi connectivity index (χ4v) is 2.40. The summed E-state index contributed by atoms with van der Waals surface area (Å²) in [7, 11) is -1.53. The molecule has 0 atom stereocenters. The van der Waals surface area contributed by atoms with Crippen LogP contribution in [0.2, 0.25) is 19.6 Å². The molecule has 0 aliphatic carbocycles. The van der Waals surface area contributed by atoms with Crippen molar-refractivity contribution in [3.05, 3.63) is 54.6 Å². The highest BCUT2D eigenvalue weighted by molar-refractivity contribution is 6.70. The van der Waals surface area contributed by atoms with E-state index in [0.717, 1.165) is 17.2 Å². The van der Waals surface area contributed by atoms with Gasteiger partial charge in [-0.2, -0.15) is 0 Å². The Morgan fingerprint density at radius 3 is 1.72 bits per heavy atom. The van der Waals surface area contributed by atoms with Gasteiger partial charge in [0.05, 0.1) is 0 Å². The van der Waals surface area contributed by atoms with Crippen molar-refractivity contribution in [2.24, 2.45) is 0 Å². The highest BCUT2D eigenvalue weighted by Gasteiger charge is 2.15. The Balaban J connectivity index is 2.04. The first-order chi connectivity index (χ1) is 8.53. The van der Waals surface area contributed by atoms with Gasteiger partial charge in [0, 0.05) is 0 Å². The Hall–Kier alpha value is -1.74. The first-order valence-corrected chi connectivity index (χ1v) is 9.46. The van der Waals surface area contributed by atoms with E-state index in [0.29, 0.717) is 0 Å². The molecule has 2 aromatic carbocycles. The molecule has 0 unspecified atom stereocenters. The number of hydrogen-bond acceptors (Lipinski definition) is 2. The number of hydrogen-bond donors (Lipinski definition) is 0. The first-order valence-electron chi connectivity index (χ1n) is 6.05. The largest absolute Gasteiger partial charge is 0.544 e. The van der Waals surface area contributed by atoms with Crippen LogP contribution < -0.4 is 9.16 Å². The number of benzene rings is 2. The summed E-state index contributed by atoms with van der Waals surface area (Å²) >= 11 is 0. The lowest BCUT2D eigenvalue weighted by Gasteiger charge is -2.19. The van der Waals surface area contributed by atoms with Gasteiger partial charge in [-0.3, -0.25) is 0 Å². The monoisotopic (exact) mass is 258 g/mol. The Bertz CT molecular complexity index is 486. The summed E-state index contributed by atoms with van der Waals surface area (Å²) < 4.78 is 11.6. The molecule has 0 aliphatic rings. The van der Waals surface area contributed by atoms with E-state index in [-0.39, 0.29) is 0 Å². The summed E-state index contributed by atoms with van der Waals surface area (Å²) in [6.07, 6.45) is 0. The molecule has 0 aliphatic heterocycles. The molecule has 3 heteroatoms. The van der Waals surface area contributed by atoms with Gasteiger partial charge in [-0.15, -0.1) is 0 Å². The maximum Gasteiger partial charge on any atom is 0.242 e. The fourth-order valence-electron chi connectivity index (χ4n) is 1.55. The van der Waals surface area contributed by atoms with E-state index in [1.54, 1.807) is 0 Å². The lowest BCUT2D eigenvalue weighted by Crippen LogP contribution is -2.29. The predicted octanol–water partition coefficient (Wildman–Crippen LogP) is 4.69. The zero-order valence-electron chi connectivity index (χ0n) is 11.0. The molecule has 0 bridgehead atoms. The van der Waals surface area contributed by atoms with Crippen molar-refractivity contribution in [2.45, 2.75) is 19.6 Å². The standard InChI is InChI=1S/C15H18O2Si/c1-18(2,3)17-15-11-9-14(10-12-15)16-13-7-5-4-6-8-13/h4-12H,1-3H3. The summed E-state index contributed by atoms with van der Waals surface area (Å²) in [5.41, 5.74) is 0. The molecule has 0 radical (unpaired) electrons. The van der Waals surface area contributed by atoms with Crippen LogP contribution in [-0.2, 0) is 0 Å². The maximum absolute atomic E-state index is 5.89. The summed E-state index contributed by atoms with van der Waals surface area (Å²) in [5, 5.41) is 0. The van der Waals surface area contributed by atoms with E-state index >= 15 is 0 Å². The summed E-state index contributed by atoms with van der Waals surface area (Å²) in [4.78, 5) is 0. The van der Waals surface area contributed by atoms with Gasteiger partial charge in [-0.25, -0.2) is 0 Å². The normalized spacial score (nSPS) is 11.1. The number of ether oxygens (including phenoxy) is 1. The molecule has 0 aromatic heterocycles. The van der Waals surface area contributed by atoms with Gasteiger partial charge in [0.1, 0.15) is 17.2 Å². The second-order valence-corrected chi connectivity index (χ2v) is 9.53. The summed E-state index contributed by atoms with van der Waals surface area (Å²) in [6.45, 7) is 6.50. The van der Waals surface area contributed by atoms with Crippen LogP contribution in [0.25, 0.3) is 0 Å². The van der Waals surface area contributed by atoms with Gasteiger partial charge in [0.2, 0.25) is 8.32 Å². The minimum absolute atomic E-state index is 0.823. The van der Waals surface area contributed by atoms with Crippen LogP contribution in [0.5, 0.6) is 17.2 Å². The Kier molecular flexibility index (Phi) is 3.72. The second kappa shape index (κ2) is 5.27. The minimum atomic E-state index is -1.53. The van der Waals surface area contributed by atoms with Gasteiger partial charge in [-0.1, -0.05) is 18.2 Å². The molecule has 2 aromatic rings. The van der Waals surface area contributed by atoms with Crippen LogP contribution >= 0.6 is 0 Å². The van der Waals surface area contributed by atoms with Gasteiger partial charge in [0.25, 0.3) is 0 Å². The van der Waals surface area contributed by atoms with Gasteiger partial charge >= 0.3 is 0 Å². The fraction of sp³-hybridized carbons (Fsp3) is 0.200. The molecule has 94 valence electrons. The molecule has 2 rings (SSSR count). The third-order valence-corrected chi connectivity index (χ3v) is 3.07. The van der Waals surface area contributed by atoms with Crippen molar-refractivity contribution >= 4 is 8.32 Å². The van der Waals surface area contributed by atoms with E-state index in [1.807, 2.05) is 54.6 Å². The van der Waals surface area contributed by atoms with Crippen LogP contribution in [-0.4, -0.2) is 8.32 Å². The van der Waals surface area contributed by atoms with Crippen LogP contribution in [0.1, 0.15) is 0 Å². The van der Waals surface area contributed by atoms with Crippen LogP contribution in [0.3, 0.4) is 0 Å². The van der Waals surface area contributed by atoms with Crippen molar-refractivity contribution in [3.8, 4) is 17.2 Å². The first kappa shape index (κ1) is 12.7. The molecule has 0 N–H and O–H groups in total. The predicted molar refractivity (Wildman–Crippen MR) is 76.9 cm³/mol. The molecule has 0 amide bonds. The van der Waals surface area contributed by atoms with Crippen molar-refractivity contribution in [2.75, 3.05) is 0 Å². The third-order valence-electron chi connectivity index (χ3n) is 2.23. The molecule has 0 heterocycles. The van der Waals surface area contributed by atoms with Crippen LogP contribution in [0.15, 0.2) is 54.6 Å². The van der Waals surface area contributed by atoms with Gasteiger partial charge in [-0.05, 0) is 56.0 Å². The zero-order chi connectivity index (χ0) is 13.0. The molecular weight excluding hydrogens is 240 g/mol. The third kappa shape index (κ3) is 3.93. The molecule has 0 saturated heterocycles. The summed E-state index contributed by atoms with van der Waals surface area (Å²) in [5.74, 6) is 2.58. The van der Waals surface area contributed by atoms with Crippen molar-refractivity contribution in [1.82, 2.24) is 0 Å². The van der Waals surface area contributed by atoms with Crippen molar-refractivity contribution in [3.63, 3.8) is 0 Å². The van der Waals surface area contributed by atoms with Crippen molar-refractivity contribution in [1.29, 1.82) is 0 Å². The van der Waals surface area contributed by atoms with E-state index < -0.39 is 8.32 Å². The molecular formula is C15H18O2Si. The van der Waals surface area contributed by atoms with E-state index in [4.69, 9.17) is 9.16 Å². The highest BCUT2D eigenvalue weighted by atomic mass is 28.4. The highest BCUT2D eigenvalue weighted by Crippen LogP contribution is 2.24. The maximum atomic E-state index is 5.89. The molecule has 0 saturated carbocycles. The van der Waals surface area contributed by atoms with E-state index in [2.05, 4.69) is 19.6 Å². The average Bonchev–Trinajstić information content (AvgIpc) is 2.31. The molecule has 0 spiro atoms. The second-order valence-electron chi connectivity index (χ2n) is 5.10. The van der Waals surface area contributed by atoms with Crippen LogP contribution in [0.4, 0.5) is 0 Å². The quantitative estimate of drug-likeness (QED) is 0.740. The Morgan fingerprint density at radius 1 is 0.667 bits per heavy atom. The molecule has 2 nitrogen and oxygen atoms in total. The van der Waals surface area contributed by atoms with Crippen LogP contribution in [0, 0.1) is 0 Å². The lowest BCUT2D eigenvalue weighted by atomic mass is 10.3. The lowest BCUT2D eigenvalue weighted by molar-refractivity contribution is 0.480. The summed E-state index contributed by atoms with van der Waals surface area (Å²) in [6, 6.07) is 17.5. The topological polar surface area (TPSA) is 18.5 Å². The van der Waals surface area contributed by atoms with Gasteiger partial charge < -0.3 is 9.16 Å². The molecule has 0 fully saturated rings. The zero-order valence-corrected chi connectivity index (χ0v) is 12.0.